The average Bonchev–Trinajstić information content (AvgIpc) is 2.29. The lowest BCUT2D eigenvalue weighted by Crippen LogP contribution is -2.31. The van der Waals surface area contributed by atoms with Gasteiger partial charge in [0.1, 0.15) is 0 Å². The van der Waals surface area contributed by atoms with Crippen LogP contribution in [-0.4, -0.2) is 26.6 Å². The largest absolute Gasteiger partial charge is 0.494 e. The molecule has 1 aromatic rings. The number of rotatable bonds is 6. The highest BCUT2D eigenvalue weighted by Crippen LogP contribution is 2.21. The Kier molecular flexibility index (Phi) is 5.24. The molecule has 1 unspecified atom stereocenters. The third kappa shape index (κ3) is 3.90. The van der Waals surface area contributed by atoms with E-state index in [0.29, 0.717) is 5.56 Å². The molecule has 0 heterocycles. The van der Waals surface area contributed by atoms with Crippen molar-refractivity contribution in [3.05, 3.63) is 29.6 Å². The second-order valence-corrected chi connectivity index (χ2v) is 3.48. The van der Waals surface area contributed by atoms with Crippen molar-refractivity contribution in [1.29, 1.82) is 0 Å². The highest BCUT2D eigenvalue weighted by atomic mass is 19.3. The molecular formula is C11H15F3N2O. The Hall–Kier alpha value is -1.27. The van der Waals surface area contributed by atoms with Gasteiger partial charge in [0, 0.05) is 12.6 Å². The Morgan fingerprint density at radius 2 is 2.12 bits per heavy atom. The number of halogens is 3. The van der Waals surface area contributed by atoms with Gasteiger partial charge >= 0.3 is 0 Å². The summed E-state index contributed by atoms with van der Waals surface area (Å²) >= 11 is 0. The number of ether oxygens (including phenoxy) is 1. The fourth-order valence-corrected chi connectivity index (χ4v) is 1.47. The Morgan fingerprint density at radius 3 is 2.59 bits per heavy atom. The van der Waals surface area contributed by atoms with Crippen molar-refractivity contribution < 1.29 is 17.9 Å². The molecule has 1 atom stereocenters. The maximum absolute atomic E-state index is 13.4. The number of hydrogen-bond acceptors (Lipinski definition) is 3. The topological polar surface area (TPSA) is 47.3 Å². The molecule has 0 amide bonds. The zero-order valence-corrected chi connectivity index (χ0v) is 9.42. The standard InChI is InChI=1S/C11H15F3N2O/c1-17-10-3-2-7(4-8(10)12)9(5-15)16-6-11(13)14/h2-4,9,11,16H,5-6,15H2,1H3. The maximum Gasteiger partial charge on any atom is 0.250 e. The van der Waals surface area contributed by atoms with Crippen molar-refractivity contribution in [3.63, 3.8) is 0 Å². The Balaban J connectivity index is 2.78. The second kappa shape index (κ2) is 6.46. The quantitative estimate of drug-likeness (QED) is 0.805. The monoisotopic (exact) mass is 248 g/mol. The molecule has 0 aromatic heterocycles. The minimum absolute atomic E-state index is 0.110. The van der Waals surface area contributed by atoms with Crippen LogP contribution in [0.5, 0.6) is 5.75 Å². The van der Waals surface area contributed by atoms with E-state index in [0.717, 1.165) is 0 Å². The summed E-state index contributed by atoms with van der Waals surface area (Å²) < 4.78 is 42.3. The first-order chi connectivity index (χ1) is 8.08. The van der Waals surface area contributed by atoms with Crippen LogP contribution in [0, 0.1) is 5.82 Å². The van der Waals surface area contributed by atoms with Crippen molar-refractivity contribution in [2.75, 3.05) is 20.2 Å². The summed E-state index contributed by atoms with van der Waals surface area (Å²) in [7, 11) is 1.35. The van der Waals surface area contributed by atoms with Crippen LogP contribution >= 0.6 is 0 Å². The van der Waals surface area contributed by atoms with E-state index in [4.69, 9.17) is 10.5 Å². The molecule has 0 saturated heterocycles. The van der Waals surface area contributed by atoms with Gasteiger partial charge in [-0.3, -0.25) is 0 Å². The predicted octanol–water partition coefficient (Wildman–Crippen LogP) is 1.69. The highest BCUT2D eigenvalue weighted by molar-refractivity contribution is 5.31. The van der Waals surface area contributed by atoms with Crippen molar-refractivity contribution >= 4 is 0 Å². The molecule has 0 fully saturated rings. The van der Waals surface area contributed by atoms with Crippen LogP contribution in [0.25, 0.3) is 0 Å². The summed E-state index contributed by atoms with van der Waals surface area (Å²) in [6.45, 7) is -0.367. The predicted molar refractivity (Wildman–Crippen MR) is 58.8 cm³/mol. The molecule has 96 valence electrons. The van der Waals surface area contributed by atoms with E-state index in [1.807, 2.05) is 0 Å². The van der Waals surface area contributed by atoms with Gasteiger partial charge in [0.2, 0.25) is 0 Å². The van der Waals surface area contributed by atoms with Crippen LogP contribution in [0.15, 0.2) is 18.2 Å². The molecule has 0 aliphatic carbocycles. The summed E-state index contributed by atoms with van der Waals surface area (Å²) in [5.41, 5.74) is 5.97. The molecule has 1 rings (SSSR count). The van der Waals surface area contributed by atoms with Gasteiger partial charge in [0.15, 0.2) is 11.6 Å². The van der Waals surface area contributed by atoms with Crippen LogP contribution < -0.4 is 15.8 Å². The summed E-state index contributed by atoms with van der Waals surface area (Å²) in [6.07, 6.45) is -2.47. The molecule has 1 aromatic carbocycles. The average molecular weight is 248 g/mol. The number of hydrogen-bond donors (Lipinski definition) is 2. The normalized spacial score (nSPS) is 12.8. The Bertz CT molecular complexity index is 361. The maximum atomic E-state index is 13.4. The first-order valence-corrected chi connectivity index (χ1v) is 5.13. The fraction of sp³-hybridized carbons (Fsp3) is 0.455. The van der Waals surface area contributed by atoms with Gasteiger partial charge in [0.05, 0.1) is 13.7 Å². The number of nitrogens with two attached hydrogens (primary N) is 1. The molecule has 0 saturated carbocycles. The van der Waals surface area contributed by atoms with Crippen molar-refractivity contribution in [3.8, 4) is 5.75 Å². The molecule has 0 aliphatic heterocycles. The zero-order chi connectivity index (χ0) is 12.8. The summed E-state index contributed by atoms with van der Waals surface area (Å²) in [5.74, 6) is -0.430. The van der Waals surface area contributed by atoms with Crippen LogP contribution in [0.4, 0.5) is 13.2 Å². The third-order valence-corrected chi connectivity index (χ3v) is 2.33. The van der Waals surface area contributed by atoms with E-state index in [1.54, 1.807) is 6.07 Å². The van der Waals surface area contributed by atoms with E-state index in [1.165, 1.54) is 19.2 Å². The van der Waals surface area contributed by atoms with Gasteiger partial charge in [-0.1, -0.05) is 6.07 Å². The minimum Gasteiger partial charge on any atom is -0.494 e. The lowest BCUT2D eigenvalue weighted by molar-refractivity contribution is 0.141. The fourth-order valence-electron chi connectivity index (χ4n) is 1.47. The number of nitrogens with one attached hydrogen (secondary N) is 1. The number of methoxy groups -OCH3 is 1. The SMILES string of the molecule is COc1ccc(C(CN)NCC(F)F)cc1F. The van der Waals surface area contributed by atoms with E-state index in [9.17, 15) is 13.2 Å². The van der Waals surface area contributed by atoms with Crippen molar-refractivity contribution in [2.45, 2.75) is 12.5 Å². The molecule has 0 aliphatic rings. The Labute approximate surface area is 97.8 Å². The minimum atomic E-state index is -2.47. The lowest BCUT2D eigenvalue weighted by Gasteiger charge is -2.17. The van der Waals surface area contributed by atoms with Gasteiger partial charge < -0.3 is 15.8 Å². The van der Waals surface area contributed by atoms with Gasteiger partial charge in [-0.25, -0.2) is 13.2 Å². The molecular weight excluding hydrogens is 233 g/mol. The summed E-state index contributed by atoms with van der Waals surface area (Å²) in [6, 6.07) is 3.77. The van der Waals surface area contributed by atoms with Crippen LogP contribution in [-0.2, 0) is 0 Å². The molecule has 6 heteroatoms. The molecule has 3 nitrogen and oxygen atoms in total. The number of alkyl halides is 2. The van der Waals surface area contributed by atoms with E-state index >= 15 is 0 Å². The van der Waals surface area contributed by atoms with Crippen LogP contribution in [0.2, 0.25) is 0 Å². The summed E-state index contributed by atoms with van der Waals surface area (Å²) in [5, 5.41) is 2.57. The zero-order valence-electron chi connectivity index (χ0n) is 9.42. The molecule has 17 heavy (non-hydrogen) atoms. The smallest absolute Gasteiger partial charge is 0.250 e. The third-order valence-electron chi connectivity index (χ3n) is 2.33. The van der Waals surface area contributed by atoms with Crippen molar-refractivity contribution in [2.24, 2.45) is 5.73 Å². The van der Waals surface area contributed by atoms with Gasteiger partial charge in [-0.2, -0.15) is 0 Å². The van der Waals surface area contributed by atoms with Gasteiger partial charge in [0.25, 0.3) is 6.43 Å². The molecule has 0 bridgehead atoms. The first kappa shape index (κ1) is 13.8. The lowest BCUT2D eigenvalue weighted by atomic mass is 10.1. The van der Waals surface area contributed by atoms with Crippen LogP contribution in [0.3, 0.4) is 0 Å². The van der Waals surface area contributed by atoms with Crippen molar-refractivity contribution in [1.82, 2.24) is 5.32 Å². The molecule has 0 radical (unpaired) electrons. The second-order valence-electron chi connectivity index (χ2n) is 3.48. The van der Waals surface area contributed by atoms with E-state index < -0.39 is 24.8 Å². The Morgan fingerprint density at radius 1 is 1.41 bits per heavy atom. The van der Waals surface area contributed by atoms with Crippen LogP contribution in [0.1, 0.15) is 11.6 Å². The van der Waals surface area contributed by atoms with Gasteiger partial charge in [-0.05, 0) is 17.7 Å². The molecule has 3 N–H and O–H groups in total. The highest BCUT2D eigenvalue weighted by Gasteiger charge is 2.14. The number of benzene rings is 1. The van der Waals surface area contributed by atoms with E-state index in [2.05, 4.69) is 5.32 Å². The van der Waals surface area contributed by atoms with Gasteiger partial charge in [-0.15, -0.1) is 0 Å². The molecule has 0 spiro atoms. The summed E-state index contributed by atoms with van der Waals surface area (Å²) in [4.78, 5) is 0. The first-order valence-electron chi connectivity index (χ1n) is 5.13. The van der Waals surface area contributed by atoms with E-state index in [-0.39, 0.29) is 12.3 Å².